The Hall–Kier alpha value is -3.07. The Morgan fingerprint density at radius 1 is 1.07 bits per heavy atom. The van der Waals surface area contributed by atoms with Crippen molar-refractivity contribution < 1.29 is 5.11 Å². The van der Waals surface area contributed by atoms with Gasteiger partial charge in [0, 0.05) is 35.6 Å². The standard InChI is InChI=1S/C20H22N6O2S/c1-29-16-11-22-20(23-12-16)25-14-5-4-13(9-14)24-18-7-6-15(10-21-18)26-8-2-3-17(27)19(26)28/h2-3,6-8,10-14,27H,4-5,9H2,1H3,(H,21,24)(H,22,23,25)/t13-,14-/m0/s1. The Morgan fingerprint density at radius 2 is 1.83 bits per heavy atom. The largest absolute Gasteiger partial charge is 0.503 e. The van der Waals surface area contributed by atoms with Gasteiger partial charge in [0.25, 0.3) is 5.56 Å². The average molecular weight is 411 g/mol. The predicted octanol–water partition coefficient (Wildman–Crippen LogP) is 2.90. The quantitative estimate of drug-likeness (QED) is 0.533. The summed E-state index contributed by atoms with van der Waals surface area (Å²) in [5.41, 5.74) is 0.140. The van der Waals surface area contributed by atoms with Gasteiger partial charge in [0.1, 0.15) is 5.82 Å². The van der Waals surface area contributed by atoms with Crippen LogP contribution >= 0.6 is 11.8 Å². The van der Waals surface area contributed by atoms with Gasteiger partial charge < -0.3 is 15.7 Å². The highest BCUT2D eigenvalue weighted by Gasteiger charge is 2.25. The van der Waals surface area contributed by atoms with Crippen LogP contribution in [0.25, 0.3) is 5.69 Å². The molecule has 0 aliphatic heterocycles. The van der Waals surface area contributed by atoms with E-state index in [2.05, 4.69) is 25.6 Å². The maximum Gasteiger partial charge on any atom is 0.297 e. The van der Waals surface area contributed by atoms with Crippen LogP contribution in [0.4, 0.5) is 11.8 Å². The Labute approximate surface area is 172 Å². The van der Waals surface area contributed by atoms with E-state index in [1.165, 1.54) is 10.6 Å². The molecule has 1 fully saturated rings. The lowest BCUT2D eigenvalue weighted by Gasteiger charge is -2.15. The normalized spacial score (nSPS) is 18.5. The minimum absolute atomic E-state index is 0.286. The molecule has 3 N–H and O–H groups in total. The summed E-state index contributed by atoms with van der Waals surface area (Å²) in [5, 5.41) is 16.4. The smallest absolute Gasteiger partial charge is 0.297 e. The number of anilines is 2. The highest BCUT2D eigenvalue weighted by atomic mass is 32.2. The Morgan fingerprint density at radius 3 is 2.52 bits per heavy atom. The van der Waals surface area contributed by atoms with E-state index in [-0.39, 0.29) is 5.75 Å². The van der Waals surface area contributed by atoms with Crippen molar-refractivity contribution in [1.82, 2.24) is 19.5 Å². The molecule has 9 heteroatoms. The molecule has 0 spiro atoms. The van der Waals surface area contributed by atoms with Gasteiger partial charge in [0.2, 0.25) is 5.95 Å². The van der Waals surface area contributed by atoms with Crippen molar-refractivity contribution in [2.75, 3.05) is 16.9 Å². The van der Waals surface area contributed by atoms with Gasteiger partial charge in [-0.3, -0.25) is 9.36 Å². The molecule has 150 valence electrons. The number of pyridine rings is 2. The van der Waals surface area contributed by atoms with Crippen LogP contribution in [0.2, 0.25) is 0 Å². The van der Waals surface area contributed by atoms with Gasteiger partial charge in [-0.1, -0.05) is 0 Å². The molecule has 0 amide bonds. The molecule has 0 unspecified atom stereocenters. The van der Waals surface area contributed by atoms with Crippen molar-refractivity contribution in [3.8, 4) is 11.4 Å². The van der Waals surface area contributed by atoms with E-state index < -0.39 is 5.56 Å². The summed E-state index contributed by atoms with van der Waals surface area (Å²) >= 11 is 1.62. The predicted molar refractivity (Wildman–Crippen MR) is 114 cm³/mol. The third-order valence-electron chi connectivity index (χ3n) is 4.93. The number of rotatable bonds is 6. The molecule has 2 atom stereocenters. The van der Waals surface area contributed by atoms with Gasteiger partial charge in [-0.15, -0.1) is 11.8 Å². The monoisotopic (exact) mass is 410 g/mol. The Bertz CT molecular complexity index is 1020. The third kappa shape index (κ3) is 4.51. The lowest BCUT2D eigenvalue weighted by molar-refractivity contribution is 0.463. The third-order valence-corrected chi connectivity index (χ3v) is 5.62. The zero-order valence-electron chi connectivity index (χ0n) is 15.9. The molecule has 29 heavy (non-hydrogen) atoms. The zero-order chi connectivity index (χ0) is 20.2. The topological polar surface area (TPSA) is 105 Å². The zero-order valence-corrected chi connectivity index (χ0v) is 16.8. The molecule has 3 heterocycles. The maximum atomic E-state index is 12.0. The van der Waals surface area contributed by atoms with E-state index in [4.69, 9.17) is 0 Å². The van der Waals surface area contributed by atoms with Crippen LogP contribution in [0.3, 0.4) is 0 Å². The molecule has 0 aromatic carbocycles. The first-order valence-electron chi connectivity index (χ1n) is 9.38. The van der Waals surface area contributed by atoms with Crippen LogP contribution in [-0.2, 0) is 0 Å². The summed E-state index contributed by atoms with van der Waals surface area (Å²) in [4.78, 5) is 26.2. The van der Waals surface area contributed by atoms with Crippen LogP contribution in [0.5, 0.6) is 5.75 Å². The molecule has 8 nitrogen and oxygen atoms in total. The second kappa shape index (κ2) is 8.52. The molecule has 0 radical (unpaired) electrons. The van der Waals surface area contributed by atoms with Gasteiger partial charge in [-0.05, 0) is 49.8 Å². The number of nitrogens with zero attached hydrogens (tertiary/aromatic N) is 4. The van der Waals surface area contributed by atoms with Crippen LogP contribution in [-0.4, -0.2) is 43.0 Å². The minimum Gasteiger partial charge on any atom is -0.503 e. The summed E-state index contributed by atoms with van der Waals surface area (Å²) in [7, 11) is 0. The average Bonchev–Trinajstić information content (AvgIpc) is 3.18. The summed E-state index contributed by atoms with van der Waals surface area (Å²) in [6.07, 6.45) is 11.9. The number of nitrogens with one attached hydrogen (secondary N) is 2. The highest BCUT2D eigenvalue weighted by Crippen LogP contribution is 2.25. The first-order chi connectivity index (χ1) is 14.1. The molecule has 1 saturated carbocycles. The fourth-order valence-corrected chi connectivity index (χ4v) is 3.75. The molecule has 0 bridgehead atoms. The van der Waals surface area contributed by atoms with Crippen molar-refractivity contribution in [2.24, 2.45) is 0 Å². The van der Waals surface area contributed by atoms with Crippen molar-refractivity contribution >= 4 is 23.5 Å². The number of thioether (sulfide) groups is 1. The second-order valence-corrected chi connectivity index (χ2v) is 7.79. The van der Waals surface area contributed by atoms with Gasteiger partial charge in [-0.2, -0.15) is 0 Å². The Balaban J connectivity index is 1.35. The fraction of sp³-hybridized carbons (Fsp3) is 0.300. The van der Waals surface area contributed by atoms with E-state index in [0.29, 0.717) is 23.7 Å². The first-order valence-corrected chi connectivity index (χ1v) is 10.6. The number of aromatic nitrogens is 4. The molecule has 4 rings (SSSR count). The van der Waals surface area contributed by atoms with Crippen molar-refractivity contribution in [2.45, 2.75) is 36.2 Å². The summed E-state index contributed by atoms with van der Waals surface area (Å²) < 4.78 is 1.37. The Kier molecular flexibility index (Phi) is 5.66. The highest BCUT2D eigenvalue weighted by molar-refractivity contribution is 7.98. The first kappa shape index (κ1) is 19.3. The maximum absolute atomic E-state index is 12.0. The summed E-state index contributed by atoms with van der Waals surface area (Å²) in [5.74, 6) is 1.13. The number of hydrogen-bond donors (Lipinski definition) is 3. The van der Waals surface area contributed by atoms with Crippen LogP contribution in [0.15, 0.2) is 58.7 Å². The lowest BCUT2D eigenvalue weighted by Crippen LogP contribution is -2.22. The number of aromatic hydroxyl groups is 1. The van der Waals surface area contributed by atoms with E-state index >= 15 is 0 Å². The molecule has 3 aromatic rings. The molecule has 1 aliphatic carbocycles. The molecular weight excluding hydrogens is 388 g/mol. The summed E-state index contributed by atoms with van der Waals surface area (Å²) in [6.45, 7) is 0. The molecule has 3 aromatic heterocycles. The van der Waals surface area contributed by atoms with Gasteiger partial charge in [0.15, 0.2) is 5.75 Å². The van der Waals surface area contributed by atoms with Gasteiger partial charge in [0.05, 0.1) is 11.9 Å². The SMILES string of the molecule is CSc1cnc(N[C@H]2CC[C@H](Nc3ccc(-n4cccc(O)c4=O)cn3)C2)nc1. The van der Waals surface area contributed by atoms with Crippen molar-refractivity contribution in [1.29, 1.82) is 0 Å². The molecular formula is C20H22N6O2S. The van der Waals surface area contributed by atoms with E-state index in [1.54, 1.807) is 30.2 Å². The van der Waals surface area contributed by atoms with Crippen molar-refractivity contribution in [3.05, 3.63) is 59.4 Å². The van der Waals surface area contributed by atoms with Crippen LogP contribution in [0, 0.1) is 0 Å². The lowest BCUT2D eigenvalue weighted by atomic mass is 10.2. The minimum atomic E-state index is -0.465. The van der Waals surface area contributed by atoms with E-state index in [0.717, 1.165) is 30.0 Å². The summed E-state index contributed by atoms with van der Waals surface area (Å²) in [6, 6.07) is 7.26. The fourth-order valence-electron chi connectivity index (χ4n) is 3.43. The van der Waals surface area contributed by atoms with E-state index in [1.807, 2.05) is 30.8 Å². The molecule has 0 saturated heterocycles. The van der Waals surface area contributed by atoms with Crippen LogP contribution < -0.4 is 16.2 Å². The van der Waals surface area contributed by atoms with Gasteiger partial charge >= 0.3 is 0 Å². The second-order valence-electron chi connectivity index (χ2n) is 6.91. The molecule has 1 aliphatic rings. The van der Waals surface area contributed by atoms with E-state index in [9.17, 15) is 9.90 Å². The van der Waals surface area contributed by atoms with Gasteiger partial charge in [-0.25, -0.2) is 15.0 Å². The number of hydrogen-bond acceptors (Lipinski definition) is 8. The van der Waals surface area contributed by atoms with Crippen LogP contribution in [0.1, 0.15) is 19.3 Å². The van der Waals surface area contributed by atoms with Crippen molar-refractivity contribution in [3.63, 3.8) is 0 Å².